The number of carbonyl (C=O) groups excluding carboxylic acids is 1. The number of nitrogens with zero attached hydrogens (tertiary/aromatic N) is 5. The molecule has 0 bridgehead atoms. The molecule has 1 aromatic carbocycles. The maximum Gasteiger partial charge on any atom is 0.321 e. The van der Waals surface area contributed by atoms with Gasteiger partial charge in [0.05, 0.1) is 13.2 Å². The summed E-state index contributed by atoms with van der Waals surface area (Å²) in [7, 11) is 0. The number of nitrogens with one attached hydrogen (secondary N) is 1. The normalized spacial score (nSPS) is 24.1. The standard InChI is InChI=1S/C21H30N6O2/c1-3-16-7-5-6-8-18(16)24-20(29)26-10-17-9-25(12-21(17,13-26)14-28)11-19-22-15-23-27(19)4-2/h5-8,15,17,28H,3-4,9-14H2,1-2H3,(H,24,29). The van der Waals surface area contributed by atoms with Gasteiger partial charge in [0.2, 0.25) is 0 Å². The van der Waals surface area contributed by atoms with Gasteiger partial charge in [-0.25, -0.2) is 14.5 Å². The number of aliphatic hydroxyl groups excluding tert-OH is 1. The number of rotatable bonds is 6. The minimum atomic E-state index is -0.265. The van der Waals surface area contributed by atoms with Crippen molar-refractivity contribution in [3.05, 3.63) is 42.0 Å². The highest BCUT2D eigenvalue weighted by Crippen LogP contribution is 2.42. The van der Waals surface area contributed by atoms with Crippen LogP contribution in [0, 0.1) is 11.3 Å². The first kappa shape index (κ1) is 19.8. The molecule has 2 unspecified atom stereocenters. The molecule has 3 heterocycles. The molecule has 8 heteroatoms. The average molecular weight is 399 g/mol. The molecule has 2 atom stereocenters. The van der Waals surface area contributed by atoms with Crippen molar-refractivity contribution in [2.45, 2.75) is 33.4 Å². The van der Waals surface area contributed by atoms with E-state index in [0.29, 0.717) is 13.1 Å². The van der Waals surface area contributed by atoms with Crippen LogP contribution in [0.15, 0.2) is 30.6 Å². The van der Waals surface area contributed by atoms with Crippen molar-refractivity contribution in [1.82, 2.24) is 24.6 Å². The van der Waals surface area contributed by atoms with E-state index in [9.17, 15) is 9.90 Å². The maximum absolute atomic E-state index is 12.9. The van der Waals surface area contributed by atoms with Crippen molar-refractivity contribution in [1.29, 1.82) is 0 Å². The Morgan fingerprint density at radius 3 is 2.83 bits per heavy atom. The summed E-state index contributed by atoms with van der Waals surface area (Å²) in [5.74, 6) is 1.21. The van der Waals surface area contributed by atoms with E-state index in [1.165, 1.54) is 0 Å². The average Bonchev–Trinajstić information content (AvgIpc) is 3.41. The van der Waals surface area contributed by atoms with Crippen LogP contribution in [0.2, 0.25) is 0 Å². The summed E-state index contributed by atoms with van der Waals surface area (Å²) in [6, 6.07) is 7.83. The van der Waals surface area contributed by atoms with Crippen molar-refractivity contribution in [2.24, 2.45) is 11.3 Å². The van der Waals surface area contributed by atoms with Crippen LogP contribution in [0.4, 0.5) is 10.5 Å². The molecule has 4 rings (SSSR count). The SMILES string of the molecule is CCc1ccccc1NC(=O)N1CC2CN(Cc3ncnn3CC)CC2(CO)C1. The number of hydrogen-bond acceptors (Lipinski definition) is 5. The zero-order valence-corrected chi connectivity index (χ0v) is 17.2. The lowest BCUT2D eigenvalue weighted by Gasteiger charge is -2.27. The summed E-state index contributed by atoms with van der Waals surface area (Å²) in [5, 5.41) is 17.5. The van der Waals surface area contributed by atoms with Crippen LogP contribution in [-0.4, -0.2) is 68.5 Å². The van der Waals surface area contributed by atoms with Gasteiger partial charge < -0.3 is 15.3 Å². The van der Waals surface area contributed by atoms with Crippen LogP contribution in [0.3, 0.4) is 0 Å². The summed E-state index contributed by atoms with van der Waals surface area (Å²) in [6.45, 7) is 8.60. The molecule has 2 fully saturated rings. The molecule has 8 nitrogen and oxygen atoms in total. The Hall–Kier alpha value is -2.45. The minimum Gasteiger partial charge on any atom is -0.396 e. The monoisotopic (exact) mass is 398 g/mol. The predicted molar refractivity (Wildman–Crippen MR) is 110 cm³/mol. The van der Waals surface area contributed by atoms with Gasteiger partial charge in [0, 0.05) is 49.7 Å². The molecule has 2 amide bonds. The predicted octanol–water partition coefficient (Wildman–Crippen LogP) is 1.82. The van der Waals surface area contributed by atoms with E-state index in [1.54, 1.807) is 6.33 Å². The van der Waals surface area contributed by atoms with Gasteiger partial charge in [-0.05, 0) is 25.0 Å². The van der Waals surface area contributed by atoms with Gasteiger partial charge >= 0.3 is 6.03 Å². The van der Waals surface area contributed by atoms with Gasteiger partial charge in [-0.15, -0.1) is 0 Å². The first-order chi connectivity index (χ1) is 14.1. The third-order valence-electron chi connectivity index (χ3n) is 6.43. The van der Waals surface area contributed by atoms with E-state index in [-0.39, 0.29) is 24.0 Å². The van der Waals surface area contributed by atoms with Crippen LogP contribution in [-0.2, 0) is 19.5 Å². The Morgan fingerprint density at radius 2 is 2.10 bits per heavy atom. The Labute approximate surface area is 171 Å². The summed E-state index contributed by atoms with van der Waals surface area (Å²) in [5.41, 5.74) is 1.73. The number of urea groups is 1. The number of hydrogen-bond donors (Lipinski definition) is 2. The molecule has 0 spiro atoms. The number of fused-ring (bicyclic) bond motifs is 1. The zero-order valence-electron chi connectivity index (χ0n) is 17.2. The number of amides is 2. The first-order valence-electron chi connectivity index (χ1n) is 10.4. The smallest absolute Gasteiger partial charge is 0.321 e. The molecule has 2 aliphatic heterocycles. The highest BCUT2D eigenvalue weighted by molar-refractivity contribution is 5.90. The minimum absolute atomic E-state index is 0.0783. The molecule has 2 saturated heterocycles. The van der Waals surface area contributed by atoms with Gasteiger partial charge in [-0.2, -0.15) is 5.10 Å². The Bertz CT molecular complexity index is 868. The number of para-hydroxylation sites is 1. The number of likely N-dealkylation sites (tertiary alicyclic amines) is 2. The quantitative estimate of drug-likeness (QED) is 0.775. The van der Waals surface area contributed by atoms with E-state index in [0.717, 1.165) is 49.7 Å². The van der Waals surface area contributed by atoms with Gasteiger partial charge in [0.25, 0.3) is 0 Å². The molecular formula is C21H30N6O2. The maximum atomic E-state index is 12.9. The Balaban J connectivity index is 1.41. The topological polar surface area (TPSA) is 86.5 Å². The highest BCUT2D eigenvalue weighted by Gasteiger charge is 2.53. The van der Waals surface area contributed by atoms with E-state index >= 15 is 0 Å². The van der Waals surface area contributed by atoms with Gasteiger partial charge in [-0.3, -0.25) is 4.90 Å². The second-order valence-electron chi connectivity index (χ2n) is 8.20. The van der Waals surface area contributed by atoms with Crippen molar-refractivity contribution in [3.63, 3.8) is 0 Å². The molecule has 0 aliphatic carbocycles. The Kier molecular flexibility index (Phi) is 5.56. The lowest BCUT2D eigenvalue weighted by atomic mass is 9.82. The second-order valence-corrected chi connectivity index (χ2v) is 8.20. The highest BCUT2D eigenvalue weighted by atomic mass is 16.3. The third kappa shape index (κ3) is 3.74. The van der Waals surface area contributed by atoms with Crippen molar-refractivity contribution in [3.8, 4) is 0 Å². The molecule has 2 aromatic rings. The first-order valence-corrected chi connectivity index (χ1v) is 10.4. The van der Waals surface area contributed by atoms with Crippen molar-refractivity contribution >= 4 is 11.7 Å². The van der Waals surface area contributed by atoms with E-state index in [4.69, 9.17) is 0 Å². The van der Waals surface area contributed by atoms with Crippen molar-refractivity contribution in [2.75, 3.05) is 38.1 Å². The molecule has 29 heavy (non-hydrogen) atoms. The fraction of sp³-hybridized carbons (Fsp3) is 0.571. The molecular weight excluding hydrogens is 368 g/mol. The van der Waals surface area contributed by atoms with Gasteiger partial charge in [0.1, 0.15) is 12.2 Å². The number of carbonyl (C=O) groups is 1. The molecule has 2 N–H and O–H groups in total. The fourth-order valence-corrected chi connectivity index (χ4v) is 4.81. The van der Waals surface area contributed by atoms with E-state index < -0.39 is 0 Å². The molecule has 156 valence electrons. The summed E-state index contributed by atoms with van der Waals surface area (Å²) in [4.78, 5) is 21.5. The van der Waals surface area contributed by atoms with Gasteiger partial charge in [-0.1, -0.05) is 25.1 Å². The van der Waals surface area contributed by atoms with Crippen LogP contribution >= 0.6 is 0 Å². The van der Waals surface area contributed by atoms with Crippen LogP contribution in [0.25, 0.3) is 0 Å². The summed E-state index contributed by atoms with van der Waals surface area (Å²) in [6.07, 6.45) is 2.47. The van der Waals surface area contributed by atoms with E-state index in [1.807, 2.05) is 33.8 Å². The summed E-state index contributed by atoms with van der Waals surface area (Å²) >= 11 is 0. The summed E-state index contributed by atoms with van der Waals surface area (Å²) < 4.78 is 1.91. The Morgan fingerprint density at radius 1 is 1.28 bits per heavy atom. The fourth-order valence-electron chi connectivity index (χ4n) is 4.81. The molecule has 0 saturated carbocycles. The number of aliphatic hydroxyl groups is 1. The molecule has 0 radical (unpaired) electrons. The van der Waals surface area contributed by atoms with E-state index in [2.05, 4.69) is 34.1 Å². The lowest BCUT2D eigenvalue weighted by molar-refractivity contribution is 0.114. The third-order valence-corrected chi connectivity index (χ3v) is 6.43. The van der Waals surface area contributed by atoms with Crippen LogP contribution in [0.5, 0.6) is 0 Å². The zero-order chi connectivity index (χ0) is 20.4. The molecule has 2 aliphatic rings. The van der Waals surface area contributed by atoms with Gasteiger partial charge in [0.15, 0.2) is 0 Å². The lowest BCUT2D eigenvalue weighted by Crippen LogP contribution is -2.40. The number of aromatic nitrogens is 3. The number of anilines is 1. The largest absolute Gasteiger partial charge is 0.396 e. The van der Waals surface area contributed by atoms with Crippen LogP contribution < -0.4 is 5.32 Å². The number of aryl methyl sites for hydroxylation is 2. The molecule has 1 aromatic heterocycles. The number of benzene rings is 1. The second kappa shape index (κ2) is 8.12. The van der Waals surface area contributed by atoms with Crippen molar-refractivity contribution < 1.29 is 9.90 Å². The van der Waals surface area contributed by atoms with Crippen LogP contribution in [0.1, 0.15) is 25.2 Å².